The highest BCUT2D eigenvalue weighted by molar-refractivity contribution is 6.32. The minimum Gasteiger partial charge on any atom is -0.493 e. The number of hydrogen-bond acceptors (Lipinski definition) is 5. The van der Waals surface area contributed by atoms with Crippen LogP contribution < -0.4 is 19.6 Å². The van der Waals surface area contributed by atoms with E-state index in [9.17, 15) is 9.18 Å². The topological polar surface area (TPSA) is 69.2 Å². The van der Waals surface area contributed by atoms with Crippen molar-refractivity contribution in [2.75, 3.05) is 13.7 Å². The van der Waals surface area contributed by atoms with E-state index in [0.29, 0.717) is 40.0 Å². The van der Waals surface area contributed by atoms with Crippen LogP contribution in [0.2, 0.25) is 5.02 Å². The summed E-state index contributed by atoms with van der Waals surface area (Å²) in [5.41, 5.74) is 4.30. The molecule has 1 amide bonds. The van der Waals surface area contributed by atoms with Crippen LogP contribution in [0.15, 0.2) is 78.4 Å². The zero-order valence-electron chi connectivity index (χ0n) is 17.9. The first-order valence-electron chi connectivity index (χ1n) is 9.92. The van der Waals surface area contributed by atoms with Crippen LogP contribution in [0.1, 0.15) is 21.5 Å². The summed E-state index contributed by atoms with van der Waals surface area (Å²) < 4.78 is 29.4. The van der Waals surface area contributed by atoms with Gasteiger partial charge in [-0.2, -0.15) is 5.10 Å². The number of halogens is 2. The van der Waals surface area contributed by atoms with E-state index in [0.717, 1.165) is 5.56 Å². The van der Waals surface area contributed by atoms with Crippen LogP contribution in [0, 0.1) is 5.82 Å². The van der Waals surface area contributed by atoms with Crippen molar-refractivity contribution in [1.82, 2.24) is 5.43 Å². The Hall–Kier alpha value is -3.84. The van der Waals surface area contributed by atoms with E-state index in [4.69, 9.17) is 25.8 Å². The molecule has 6 nitrogen and oxygen atoms in total. The van der Waals surface area contributed by atoms with Gasteiger partial charge in [-0.25, -0.2) is 9.82 Å². The van der Waals surface area contributed by atoms with Gasteiger partial charge >= 0.3 is 0 Å². The van der Waals surface area contributed by atoms with Crippen molar-refractivity contribution in [1.29, 1.82) is 0 Å². The Labute approximate surface area is 196 Å². The van der Waals surface area contributed by atoms with Crippen LogP contribution in [0.3, 0.4) is 0 Å². The molecule has 0 aliphatic carbocycles. The molecule has 0 bridgehead atoms. The van der Waals surface area contributed by atoms with Crippen LogP contribution in [0.25, 0.3) is 0 Å². The molecule has 0 unspecified atom stereocenters. The first-order valence-corrected chi connectivity index (χ1v) is 10.3. The minimum atomic E-state index is -0.412. The Morgan fingerprint density at radius 3 is 2.52 bits per heavy atom. The minimum absolute atomic E-state index is 0.254. The van der Waals surface area contributed by atoms with E-state index in [2.05, 4.69) is 17.1 Å². The summed E-state index contributed by atoms with van der Waals surface area (Å²) >= 11 is 6.28. The highest BCUT2D eigenvalue weighted by Gasteiger charge is 2.11. The van der Waals surface area contributed by atoms with Crippen molar-refractivity contribution in [2.24, 2.45) is 5.10 Å². The molecule has 0 aliphatic rings. The number of benzene rings is 3. The van der Waals surface area contributed by atoms with E-state index in [-0.39, 0.29) is 12.4 Å². The van der Waals surface area contributed by atoms with Crippen molar-refractivity contribution in [2.45, 2.75) is 6.61 Å². The van der Waals surface area contributed by atoms with Gasteiger partial charge in [-0.3, -0.25) is 4.79 Å². The molecule has 33 heavy (non-hydrogen) atoms. The second kappa shape index (κ2) is 11.7. The van der Waals surface area contributed by atoms with E-state index in [1.165, 1.54) is 25.5 Å². The van der Waals surface area contributed by atoms with Crippen LogP contribution in [0.4, 0.5) is 4.39 Å². The summed E-state index contributed by atoms with van der Waals surface area (Å²) in [4.78, 5) is 12.4. The lowest BCUT2D eigenvalue weighted by molar-refractivity contribution is 0.0954. The highest BCUT2D eigenvalue weighted by atomic mass is 35.5. The van der Waals surface area contributed by atoms with Gasteiger partial charge in [0.2, 0.25) is 0 Å². The largest absolute Gasteiger partial charge is 0.493 e. The fraction of sp³-hybridized carbons (Fsp3) is 0.120. The van der Waals surface area contributed by atoms with Gasteiger partial charge in [0.25, 0.3) is 5.91 Å². The van der Waals surface area contributed by atoms with Crippen molar-refractivity contribution in [3.05, 3.63) is 101 Å². The van der Waals surface area contributed by atoms with Crippen molar-refractivity contribution in [3.8, 4) is 17.2 Å². The Balaban J connectivity index is 1.58. The molecule has 3 aromatic rings. The molecular formula is C25H22ClFN2O4. The number of nitrogens with zero attached hydrogens (tertiary/aromatic N) is 1. The van der Waals surface area contributed by atoms with E-state index < -0.39 is 5.91 Å². The molecule has 0 saturated heterocycles. The third kappa shape index (κ3) is 6.82. The number of hydrogen-bond donors (Lipinski definition) is 1. The molecule has 0 aromatic heterocycles. The van der Waals surface area contributed by atoms with E-state index in [1.807, 2.05) is 0 Å². The molecule has 3 aromatic carbocycles. The average Bonchev–Trinajstić information content (AvgIpc) is 2.83. The zero-order valence-corrected chi connectivity index (χ0v) is 18.6. The number of rotatable bonds is 10. The fourth-order valence-electron chi connectivity index (χ4n) is 2.76. The summed E-state index contributed by atoms with van der Waals surface area (Å²) in [5.74, 6) is 0.699. The number of carbonyl (C=O) groups excluding carboxylic acids is 1. The van der Waals surface area contributed by atoms with E-state index in [1.54, 1.807) is 54.6 Å². The van der Waals surface area contributed by atoms with Gasteiger partial charge in [0, 0.05) is 5.56 Å². The molecular weight excluding hydrogens is 447 g/mol. The van der Waals surface area contributed by atoms with Crippen LogP contribution in [-0.4, -0.2) is 25.8 Å². The molecule has 0 atom stereocenters. The van der Waals surface area contributed by atoms with Gasteiger partial charge in [0.05, 0.1) is 18.3 Å². The predicted molar refractivity (Wildman–Crippen MR) is 126 cm³/mol. The molecule has 1 N–H and O–H groups in total. The van der Waals surface area contributed by atoms with Crippen molar-refractivity contribution in [3.63, 3.8) is 0 Å². The second-order valence-electron chi connectivity index (χ2n) is 6.77. The smallest absolute Gasteiger partial charge is 0.271 e. The van der Waals surface area contributed by atoms with Gasteiger partial charge in [-0.1, -0.05) is 36.4 Å². The lowest BCUT2D eigenvalue weighted by Crippen LogP contribution is -2.17. The molecule has 0 spiro atoms. The summed E-state index contributed by atoms with van der Waals surface area (Å²) in [6.07, 6.45) is 3.08. The average molecular weight is 469 g/mol. The maximum atomic E-state index is 13.0. The lowest BCUT2D eigenvalue weighted by atomic mass is 10.2. The number of methoxy groups -OCH3 is 1. The Morgan fingerprint density at radius 1 is 1.06 bits per heavy atom. The van der Waals surface area contributed by atoms with E-state index >= 15 is 0 Å². The summed E-state index contributed by atoms with van der Waals surface area (Å²) in [7, 11) is 1.49. The molecule has 8 heteroatoms. The molecule has 0 heterocycles. The molecule has 170 valence electrons. The summed E-state index contributed by atoms with van der Waals surface area (Å²) in [6.45, 7) is 4.18. The van der Waals surface area contributed by atoms with Gasteiger partial charge < -0.3 is 14.2 Å². The van der Waals surface area contributed by atoms with Gasteiger partial charge in [-0.05, 0) is 59.7 Å². The number of nitrogens with one attached hydrogen (secondary N) is 1. The van der Waals surface area contributed by atoms with Gasteiger partial charge in [0.15, 0.2) is 11.5 Å². The number of hydrazone groups is 1. The zero-order chi connectivity index (χ0) is 23.6. The molecule has 0 fully saturated rings. The summed E-state index contributed by atoms with van der Waals surface area (Å²) in [5, 5.41) is 4.35. The first-order chi connectivity index (χ1) is 16.0. The van der Waals surface area contributed by atoms with Gasteiger partial charge in [0.1, 0.15) is 24.8 Å². The second-order valence-corrected chi connectivity index (χ2v) is 7.18. The monoisotopic (exact) mass is 468 g/mol. The highest BCUT2D eigenvalue weighted by Crippen LogP contribution is 2.28. The van der Waals surface area contributed by atoms with Crippen LogP contribution >= 0.6 is 11.6 Å². The molecule has 0 saturated carbocycles. The van der Waals surface area contributed by atoms with Crippen molar-refractivity contribution < 1.29 is 23.4 Å². The number of carbonyl (C=O) groups is 1. The molecule has 0 aliphatic heterocycles. The van der Waals surface area contributed by atoms with Crippen molar-refractivity contribution >= 4 is 23.7 Å². The Kier molecular flexibility index (Phi) is 8.43. The Bertz CT molecular complexity index is 1150. The SMILES string of the molecule is C=CCOc1ccc(C(=O)N/N=C/c2ccc(OCc3ccc(F)cc3)c(Cl)c2)cc1OC. The quantitative estimate of drug-likeness (QED) is 0.246. The number of ether oxygens (including phenoxy) is 3. The molecule has 3 rings (SSSR count). The normalized spacial score (nSPS) is 10.6. The van der Waals surface area contributed by atoms with Crippen LogP contribution in [-0.2, 0) is 6.61 Å². The molecule has 0 radical (unpaired) electrons. The lowest BCUT2D eigenvalue weighted by Gasteiger charge is -2.10. The maximum absolute atomic E-state index is 13.0. The summed E-state index contributed by atoms with van der Waals surface area (Å²) in [6, 6.07) is 15.9. The first kappa shape index (κ1) is 23.8. The standard InChI is InChI=1S/C25H22ClFN2O4/c1-3-12-32-23-11-7-19(14-24(23)31-2)25(30)29-28-15-18-6-10-22(21(26)13-18)33-16-17-4-8-20(27)9-5-17/h3-11,13-15H,1,12,16H2,2H3,(H,29,30)/b28-15+. The maximum Gasteiger partial charge on any atom is 0.271 e. The fourth-order valence-corrected chi connectivity index (χ4v) is 3.01. The van der Waals surface area contributed by atoms with Crippen LogP contribution in [0.5, 0.6) is 17.2 Å². The van der Waals surface area contributed by atoms with Gasteiger partial charge in [-0.15, -0.1) is 0 Å². The third-order valence-corrected chi connectivity index (χ3v) is 4.72. The predicted octanol–water partition coefficient (Wildman–Crippen LogP) is 5.40. The number of amides is 1. The third-order valence-electron chi connectivity index (χ3n) is 4.43. The Morgan fingerprint density at radius 2 is 1.82 bits per heavy atom.